The molecule has 1 atom stereocenters. The monoisotopic (exact) mass is 414 g/mol. The number of rotatable bonds is 4. The van der Waals surface area contributed by atoms with Gasteiger partial charge in [-0.2, -0.15) is 0 Å². The zero-order valence-corrected chi connectivity index (χ0v) is 17.6. The van der Waals surface area contributed by atoms with E-state index in [9.17, 15) is 9.59 Å². The van der Waals surface area contributed by atoms with Crippen molar-refractivity contribution in [2.75, 3.05) is 43.5 Å². The van der Waals surface area contributed by atoms with E-state index in [2.05, 4.69) is 10.2 Å². The smallest absolute Gasteiger partial charge is 0.227 e. The molecule has 1 fully saturated rings. The maximum absolute atomic E-state index is 12.7. The zero-order valence-electron chi connectivity index (χ0n) is 16.8. The van der Waals surface area contributed by atoms with E-state index < -0.39 is 0 Å². The average Bonchev–Trinajstić information content (AvgIpc) is 3.17. The standard InChI is InChI=1S/C21H26N4O3S/c1-14(26)24-9-11-25(12-10-24)21-23-18-8-3-15(13-19(18)29-21)20(27)22-16-4-6-17(28-2)7-5-16/h4-7,15H,3,8-13H2,1-2H3,(H,22,27). The lowest BCUT2D eigenvalue weighted by Crippen LogP contribution is -2.48. The highest BCUT2D eigenvalue weighted by Gasteiger charge is 2.29. The van der Waals surface area contributed by atoms with Gasteiger partial charge in [0.05, 0.1) is 12.8 Å². The Hall–Kier alpha value is -2.61. The second-order valence-corrected chi connectivity index (χ2v) is 8.58. The fourth-order valence-electron chi connectivity index (χ4n) is 3.85. The molecule has 2 amide bonds. The number of nitrogens with zero attached hydrogens (tertiary/aromatic N) is 3. The number of fused-ring (bicyclic) bond motifs is 1. The number of carbonyl (C=O) groups excluding carboxylic acids is 2. The predicted molar refractivity (Wildman–Crippen MR) is 114 cm³/mol. The van der Waals surface area contributed by atoms with E-state index in [1.165, 1.54) is 4.88 Å². The van der Waals surface area contributed by atoms with Gasteiger partial charge in [-0.3, -0.25) is 9.59 Å². The Labute approximate surface area is 174 Å². The molecule has 0 spiro atoms. The number of piperazine rings is 1. The van der Waals surface area contributed by atoms with Crippen LogP contribution < -0.4 is 15.0 Å². The van der Waals surface area contributed by atoms with Crippen LogP contribution in [0.5, 0.6) is 5.75 Å². The van der Waals surface area contributed by atoms with Crippen LogP contribution in [0.1, 0.15) is 23.9 Å². The third kappa shape index (κ3) is 4.37. The lowest BCUT2D eigenvalue weighted by molar-refractivity contribution is -0.129. The van der Waals surface area contributed by atoms with Crippen molar-refractivity contribution in [1.82, 2.24) is 9.88 Å². The van der Waals surface area contributed by atoms with Crippen LogP contribution in [-0.4, -0.2) is 55.0 Å². The summed E-state index contributed by atoms with van der Waals surface area (Å²) in [6.45, 7) is 4.73. The van der Waals surface area contributed by atoms with E-state index in [0.717, 1.165) is 67.7 Å². The Balaban J connectivity index is 1.37. The van der Waals surface area contributed by atoms with Gasteiger partial charge in [-0.1, -0.05) is 0 Å². The first-order valence-corrected chi connectivity index (χ1v) is 10.8. The van der Waals surface area contributed by atoms with E-state index >= 15 is 0 Å². The second kappa shape index (κ2) is 8.41. The fourth-order valence-corrected chi connectivity index (χ4v) is 5.09. The SMILES string of the molecule is COc1ccc(NC(=O)C2CCc3nc(N4CCN(C(C)=O)CC4)sc3C2)cc1. The molecule has 0 saturated carbocycles. The summed E-state index contributed by atoms with van der Waals surface area (Å²) in [4.78, 5) is 34.4. The molecular weight excluding hydrogens is 388 g/mol. The van der Waals surface area contributed by atoms with E-state index in [-0.39, 0.29) is 17.7 Å². The molecule has 4 rings (SSSR count). The first-order chi connectivity index (χ1) is 14.0. The van der Waals surface area contributed by atoms with Gasteiger partial charge in [-0.15, -0.1) is 11.3 Å². The largest absolute Gasteiger partial charge is 0.497 e. The van der Waals surface area contributed by atoms with Crippen molar-refractivity contribution in [2.24, 2.45) is 5.92 Å². The van der Waals surface area contributed by atoms with Crippen molar-refractivity contribution in [3.63, 3.8) is 0 Å². The van der Waals surface area contributed by atoms with Crippen molar-refractivity contribution in [2.45, 2.75) is 26.2 Å². The molecule has 1 aromatic heterocycles. The quantitative estimate of drug-likeness (QED) is 0.832. The van der Waals surface area contributed by atoms with E-state index in [1.54, 1.807) is 25.4 Å². The third-order valence-corrected chi connectivity index (χ3v) is 6.83. The number of thiazole rings is 1. The van der Waals surface area contributed by atoms with Gasteiger partial charge in [0, 0.05) is 49.6 Å². The molecule has 8 heteroatoms. The second-order valence-electron chi connectivity index (χ2n) is 7.52. The third-order valence-electron chi connectivity index (χ3n) is 5.65. The van der Waals surface area contributed by atoms with Gasteiger partial charge in [0.1, 0.15) is 5.75 Å². The number of nitrogens with one attached hydrogen (secondary N) is 1. The lowest BCUT2D eigenvalue weighted by atomic mass is 9.90. The highest BCUT2D eigenvalue weighted by atomic mass is 32.1. The van der Waals surface area contributed by atoms with E-state index in [1.807, 2.05) is 29.2 Å². The van der Waals surface area contributed by atoms with Gasteiger partial charge in [-0.05, 0) is 43.5 Å². The number of anilines is 2. The highest BCUT2D eigenvalue weighted by molar-refractivity contribution is 7.15. The molecule has 1 saturated heterocycles. The molecule has 1 unspecified atom stereocenters. The lowest BCUT2D eigenvalue weighted by Gasteiger charge is -2.33. The molecule has 2 aliphatic rings. The first kappa shape index (κ1) is 19.7. The molecule has 1 aromatic carbocycles. The Morgan fingerprint density at radius 1 is 1.17 bits per heavy atom. The van der Waals surface area contributed by atoms with Gasteiger partial charge in [0.2, 0.25) is 11.8 Å². The molecular formula is C21H26N4O3S. The Bertz CT molecular complexity index is 888. The maximum Gasteiger partial charge on any atom is 0.227 e. The summed E-state index contributed by atoms with van der Waals surface area (Å²) in [5.74, 6) is 0.929. The number of amides is 2. The summed E-state index contributed by atoms with van der Waals surface area (Å²) in [6, 6.07) is 7.40. The average molecular weight is 415 g/mol. The van der Waals surface area contributed by atoms with Crippen LogP contribution >= 0.6 is 11.3 Å². The van der Waals surface area contributed by atoms with E-state index in [4.69, 9.17) is 9.72 Å². The van der Waals surface area contributed by atoms with Gasteiger partial charge >= 0.3 is 0 Å². The molecule has 154 valence electrons. The number of aromatic nitrogens is 1. The van der Waals surface area contributed by atoms with Crippen LogP contribution in [0.25, 0.3) is 0 Å². The van der Waals surface area contributed by atoms with Crippen LogP contribution in [0.3, 0.4) is 0 Å². The predicted octanol–water partition coefficient (Wildman–Crippen LogP) is 2.56. The number of carbonyl (C=O) groups is 2. The topological polar surface area (TPSA) is 74.8 Å². The molecule has 7 nitrogen and oxygen atoms in total. The maximum atomic E-state index is 12.7. The van der Waals surface area contributed by atoms with Crippen LogP contribution in [0.2, 0.25) is 0 Å². The number of methoxy groups -OCH3 is 1. The van der Waals surface area contributed by atoms with Crippen LogP contribution in [0.15, 0.2) is 24.3 Å². The van der Waals surface area contributed by atoms with E-state index in [0.29, 0.717) is 0 Å². The van der Waals surface area contributed by atoms with Gasteiger partial charge in [-0.25, -0.2) is 4.98 Å². The fraction of sp³-hybridized carbons (Fsp3) is 0.476. The number of hydrogen-bond acceptors (Lipinski definition) is 6. The van der Waals surface area contributed by atoms with Crippen molar-refractivity contribution in [3.8, 4) is 5.75 Å². The zero-order chi connectivity index (χ0) is 20.4. The number of ether oxygens (including phenoxy) is 1. The summed E-state index contributed by atoms with van der Waals surface area (Å²) in [5, 5.41) is 4.04. The summed E-state index contributed by atoms with van der Waals surface area (Å²) in [5.41, 5.74) is 1.92. The van der Waals surface area contributed by atoms with Crippen molar-refractivity contribution >= 4 is 34.0 Å². The molecule has 1 aliphatic carbocycles. The molecule has 0 bridgehead atoms. The molecule has 1 N–H and O–H groups in total. The van der Waals surface area contributed by atoms with Crippen molar-refractivity contribution in [1.29, 1.82) is 0 Å². The van der Waals surface area contributed by atoms with Gasteiger partial charge in [0.15, 0.2) is 5.13 Å². The highest BCUT2D eigenvalue weighted by Crippen LogP contribution is 2.35. The van der Waals surface area contributed by atoms with Gasteiger partial charge in [0.25, 0.3) is 0 Å². The molecule has 0 radical (unpaired) electrons. The molecule has 2 aromatic rings. The van der Waals surface area contributed by atoms with Gasteiger partial charge < -0.3 is 19.9 Å². The number of aryl methyl sites for hydroxylation is 1. The van der Waals surface area contributed by atoms with Crippen LogP contribution in [-0.2, 0) is 22.4 Å². The van der Waals surface area contributed by atoms with Crippen LogP contribution in [0, 0.1) is 5.92 Å². The first-order valence-electron chi connectivity index (χ1n) is 9.97. The van der Waals surface area contributed by atoms with Crippen LogP contribution in [0.4, 0.5) is 10.8 Å². The Kier molecular flexibility index (Phi) is 5.71. The minimum absolute atomic E-state index is 0.0348. The van der Waals surface area contributed by atoms with Crippen molar-refractivity contribution < 1.29 is 14.3 Å². The molecule has 29 heavy (non-hydrogen) atoms. The summed E-state index contributed by atoms with van der Waals surface area (Å²) >= 11 is 1.70. The minimum atomic E-state index is -0.0348. The number of benzene rings is 1. The Morgan fingerprint density at radius 3 is 2.55 bits per heavy atom. The summed E-state index contributed by atoms with van der Waals surface area (Å²) in [7, 11) is 1.62. The Morgan fingerprint density at radius 2 is 1.90 bits per heavy atom. The molecule has 1 aliphatic heterocycles. The molecule has 2 heterocycles. The summed E-state index contributed by atoms with van der Waals surface area (Å²) < 4.78 is 5.16. The normalized spacial score (nSPS) is 18.9. The van der Waals surface area contributed by atoms with Crippen molar-refractivity contribution in [3.05, 3.63) is 34.8 Å². The summed E-state index contributed by atoms with van der Waals surface area (Å²) in [6.07, 6.45) is 2.39. The minimum Gasteiger partial charge on any atom is -0.497 e. The number of hydrogen-bond donors (Lipinski definition) is 1.